The van der Waals surface area contributed by atoms with Crippen LogP contribution in [0.15, 0.2) is 12.2 Å². The lowest BCUT2D eigenvalue weighted by Gasteiger charge is -2.37. The molecule has 2 saturated heterocycles. The molecule has 2 heterocycles. The molecule has 3 N–H and O–H groups in total. The van der Waals surface area contributed by atoms with Gasteiger partial charge in [0.1, 0.15) is 0 Å². The summed E-state index contributed by atoms with van der Waals surface area (Å²) >= 11 is 0. The minimum Gasteiger partial charge on any atom is -0.342 e. The zero-order chi connectivity index (χ0) is 14.1. The molecule has 6 heteroatoms. The summed E-state index contributed by atoms with van der Waals surface area (Å²) in [6.45, 7) is 3.01. The number of likely N-dealkylation sites (tertiary alicyclic amines) is 1. The second-order valence-corrected chi connectivity index (χ2v) is 5.87. The van der Waals surface area contributed by atoms with Gasteiger partial charge >= 0.3 is 6.03 Å². The molecule has 0 aromatic heterocycles. The number of hydrogen-bond donors (Lipinski definition) is 2. The summed E-state index contributed by atoms with van der Waals surface area (Å²) in [5, 5.41) is 2.83. The van der Waals surface area contributed by atoms with Gasteiger partial charge in [-0.05, 0) is 19.3 Å². The van der Waals surface area contributed by atoms with E-state index in [1.165, 1.54) is 0 Å². The summed E-state index contributed by atoms with van der Waals surface area (Å²) in [6, 6.07) is 0.345. The Morgan fingerprint density at radius 2 is 2.00 bits per heavy atom. The molecule has 6 nitrogen and oxygen atoms in total. The molecule has 0 radical (unpaired) electrons. The molecule has 0 bridgehead atoms. The van der Waals surface area contributed by atoms with E-state index in [9.17, 15) is 9.59 Å². The second kappa shape index (κ2) is 5.44. The minimum absolute atomic E-state index is 0.0229. The third kappa shape index (κ3) is 2.52. The van der Waals surface area contributed by atoms with Crippen LogP contribution in [0.3, 0.4) is 0 Å². The van der Waals surface area contributed by atoms with Gasteiger partial charge in [-0.3, -0.25) is 4.79 Å². The number of rotatable bonds is 2. The van der Waals surface area contributed by atoms with E-state index < -0.39 is 0 Å². The van der Waals surface area contributed by atoms with Gasteiger partial charge in [0.25, 0.3) is 0 Å². The average Bonchev–Trinajstić information content (AvgIpc) is 3.07. The van der Waals surface area contributed by atoms with E-state index in [0.29, 0.717) is 0 Å². The van der Waals surface area contributed by atoms with Gasteiger partial charge in [-0.1, -0.05) is 12.2 Å². The maximum atomic E-state index is 12.4. The van der Waals surface area contributed by atoms with Crippen LogP contribution in [-0.4, -0.2) is 60.0 Å². The highest BCUT2D eigenvalue weighted by Crippen LogP contribution is 2.23. The molecular formula is C14H22N4O2. The van der Waals surface area contributed by atoms with Crippen molar-refractivity contribution in [3.05, 3.63) is 12.2 Å². The van der Waals surface area contributed by atoms with E-state index in [2.05, 4.69) is 5.32 Å². The Hall–Kier alpha value is -1.56. The lowest BCUT2D eigenvalue weighted by molar-refractivity contribution is -0.135. The van der Waals surface area contributed by atoms with Crippen molar-refractivity contribution in [2.45, 2.75) is 31.3 Å². The zero-order valence-corrected chi connectivity index (χ0v) is 11.6. The normalized spacial score (nSPS) is 30.9. The Morgan fingerprint density at radius 1 is 1.25 bits per heavy atom. The van der Waals surface area contributed by atoms with Gasteiger partial charge in [-0.2, -0.15) is 0 Å². The number of nitrogens with one attached hydrogen (secondary N) is 1. The molecule has 3 aliphatic rings. The lowest BCUT2D eigenvalue weighted by atomic mass is 10.0. The van der Waals surface area contributed by atoms with Gasteiger partial charge in [-0.25, -0.2) is 4.79 Å². The molecule has 3 amide bonds. The first-order chi connectivity index (χ1) is 9.65. The smallest absolute Gasteiger partial charge is 0.317 e. The minimum atomic E-state index is -0.0448. The van der Waals surface area contributed by atoms with Crippen molar-refractivity contribution >= 4 is 11.9 Å². The van der Waals surface area contributed by atoms with E-state index in [-0.39, 0.29) is 29.9 Å². The Bertz CT molecular complexity index is 429. The van der Waals surface area contributed by atoms with Crippen LogP contribution in [-0.2, 0) is 4.79 Å². The Balaban J connectivity index is 1.52. The van der Waals surface area contributed by atoms with Crippen LogP contribution in [0.4, 0.5) is 4.79 Å². The average molecular weight is 278 g/mol. The predicted octanol–water partition coefficient (Wildman–Crippen LogP) is -0.0940. The highest BCUT2D eigenvalue weighted by atomic mass is 16.2. The van der Waals surface area contributed by atoms with E-state index in [1.54, 1.807) is 0 Å². The molecule has 2 unspecified atom stereocenters. The van der Waals surface area contributed by atoms with E-state index >= 15 is 0 Å². The van der Waals surface area contributed by atoms with E-state index in [0.717, 1.165) is 45.4 Å². The van der Waals surface area contributed by atoms with E-state index in [1.807, 2.05) is 22.0 Å². The van der Waals surface area contributed by atoms with Crippen LogP contribution in [0.25, 0.3) is 0 Å². The van der Waals surface area contributed by atoms with Crippen molar-refractivity contribution < 1.29 is 9.59 Å². The van der Waals surface area contributed by atoms with Crippen molar-refractivity contribution in [3.8, 4) is 0 Å². The Labute approximate surface area is 119 Å². The van der Waals surface area contributed by atoms with Crippen LogP contribution < -0.4 is 11.1 Å². The van der Waals surface area contributed by atoms with Gasteiger partial charge < -0.3 is 20.9 Å². The molecule has 20 heavy (non-hydrogen) atoms. The first kappa shape index (κ1) is 13.4. The molecule has 0 spiro atoms. The summed E-state index contributed by atoms with van der Waals surface area (Å²) in [6.07, 6.45) is 6.34. The van der Waals surface area contributed by atoms with Gasteiger partial charge in [0.05, 0.1) is 5.92 Å². The largest absolute Gasteiger partial charge is 0.342 e. The molecule has 1 aliphatic carbocycles. The number of urea groups is 1. The molecule has 0 aromatic carbocycles. The number of amides is 3. The number of piperidine rings is 1. The fourth-order valence-electron chi connectivity index (χ4n) is 3.38. The molecule has 2 atom stereocenters. The highest BCUT2D eigenvalue weighted by Gasteiger charge is 2.34. The second-order valence-electron chi connectivity index (χ2n) is 5.87. The Morgan fingerprint density at radius 3 is 2.55 bits per heavy atom. The standard InChI is InChI=1S/C14H22N4O2/c15-11-2-1-10(9-11)13(19)17-6-3-12(4-7-17)18-8-5-16-14(18)20/h1-2,10-12H,3-9,15H2,(H,16,20). The van der Waals surface area contributed by atoms with Crippen LogP contribution in [0, 0.1) is 5.92 Å². The van der Waals surface area contributed by atoms with E-state index in [4.69, 9.17) is 5.73 Å². The molecule has 0 aromatic rings. The third-order valence-corrected chi connectivity index (χ3v) is 4.54. The number of carbonyl (C=O) groups excluding carboxylic acids is 2. The topological polar surface area (TPSA) is 78.7 Å². The summed E-state index contributed by atoms with van der Waals surface area (Å²) < 4.78 is 0. The van der Waals surface area contributed by atoms with Crippen LogP contribution in [0.2, 0.25) is 0 Å². The fraction of sp³-hybridized carbons (Fsp3) is 0.714. The first-order valence-electron chi connectivity index (χ1n) is 7.42. The molecule has 0 saturated carbocycles. The van der Waals surface area contributed by atoms with Crippen molar-refractivity contribution in [2.24, 2.45) is 11.7 Å². The summed E-state index contributed by atoms with van der Waals surface area (Å²) in [5.41, 5.74) is 5.80. The van der Waals surface area contributed by atoms with Crippen molar-refractivity contribution in [1.29, 1.82) is 0 Å². The fourth-order valence-corrected chi connectivity index (χ4v) is 3.38. The van der Waals surface area contributed by atoms with Crippen LogP contribution in [0.1, 0.15) is 19.3 Å². The maximum Gasteiger partial charge on any atom is 0.317 e. The maximum absolute atomic E-state index is 12.4. The van der Waals surface area contributed by atoms with Gasteiger partial charge in [-0.15, -0.1) is 0 Å². The molecule has 2 aliphatic heterocycles. The summed E-state index contributed by atoms with van der Waals surface area (Å²) in [4.78, 5) is 27.8. The van der Waals surface area contributed by atoms with Crippen molar-refractivity contribution in [2.75, 3.05) is 26.2 Å². The van der Waals surface area contributed by atoms with Crippen LogP contribution in [0.5, 0.6) is 0 Å². The number of nitrogens with two attached hydrogens (primary N) is 1. The highest BCUT2D eigenvalue weighted by molar-refractivity contribution is 5.81. The van der Waals surface area contributed by atoms with Gasteiger partial charge in [0.2, 0.25) is 5.91 Å². The molecule has 3 rings (SSSR count). The lowest BCUT2D eigenvalue weighted by Crippen LogP contribution is -2.48. The third-order valence-electron chi connectivity index (χ3n) is 4.54. The predicted molar refractivity (Wildman–Crippen MR) is 74.9 cm³/mol. The number of hydrogen-bond acceptors (Lipinski definition) is 3. The SMILES string of the molecule is NC1C=CC(C(=O)N2CCC(N3CCNC3=O)CC2)C1. The molecule has 2 fully saturated rings. The van der Waals surface area contributed by atoms with Crippen molar-refractivity contribution in [3.63, 3.8) is 0 Å². The van der Waals surface area contributed by atoms with Gasteiger partial charge in [0.15, 0.2) is 0 Å². The monoisotopic (exact) mass is 278 g/mol. The van der Waals surface area contributed by atoms with Gasteiger partial charge in [0, 0.05) is 38.3 Å². The van der Waals surface area contributed by atoms with Crippen LogP contribution >= 0.6 is 0 Å². The molecular weight excluding hydrogens is 256 g/mol. The Kier molecular flexibility index (Phi) is 3.65. The number of nitrogens with zero attached hydrogens (tertiary/aromatic N) is 2. The molecule has 110 valence electrons. The summed E-state index contributed by atoms with van der Waals surface area (Å²) in [7, 11) is 0. The zero-order valence-electron chi connectivity index (χ0n) is 11.6. The summed E-state index contributed by atoms with van der Waals surface area (Å²) in [5.74, 6) is 0.148. The number of carbonyl (C=O) groups is 2. The first-order valence-corrected chi connectivity index (χ1v) is 7.42. The van der Waals surface area contributed by atoms with Crippen molar-refractivity contribution in [1.82, 2.24) is 15.1 Å². The quantitative estimate of drug-likeness (QED) is 0.693.